The first-order chi connectivity index (χ1) is 9.55. The molecular weight excluding hydrogens is 276 g/mol. The van der Waals surface area contributed by atoms with Crippen molar-refractivity contribution in [1.82, 2.24) is 10.2 Å². The Morgan fingerprint density at radius 2 is 1.76 bits per heavy atom. The van der Waals surface area contributed by atoms with E-state index in [1.807, 2.05) is 13.8 Å². The predicted octanol–water partition coefficient (Wildman–Crippen LogP) is 1.17. The molecule has 1 N–H and O–H groups in total. The highest BCUT2D eigenvalue weighted by atomic mass is 16.6. The van der Waals surface area contributed by atoms with Crippen LogP contribution in [0.1, 0.15) is 34.6 Å². The molecule has 0 rings (SSSR count). The molecule has 7 heteroatoms. The van der Waals surface area contributed by atoms with Crippen LogP contribution in [0.2, 0.25) is 0 Å². The van der Waals surface area contributed by atoms with E-state index in [1.54, 1.807) is 20.8 Å². The molecule has 0 aliphatic carbocycles. The number of hydrogen-bond donors (Lipinski definition) is 1. The Kier molecular flexibility index (Phi) is 7.76. The van der Waals surface area contributed by atoms with Crippen LogP contribution in [0.25, 0.3) is 0 Å². The highest BCUT2D eigenvalue weighted by Gasteiger charge is 2.21. The minimum atomic E-state index is -0.668. The minimum absolute atomic E-state index is 0.135. The molecule has 0 atom stereocenters. The number of alkyl carbamates (subject to hydrolysis) is 1. The van der Waals surface area contributed by atoms with Gasteiger partial charge in [-0.2, -0.15) is 0 Å². The molecule has 122 valence electrons. The van der Waals surface area contributed by atoms with Crippen LogP contribution in [0.3, 0.4) is 0 Å². The predicted molar refractivity (Wildman–Crippen MR) is 77.7 cm³/mol. The Morgan fingerprint density at radius 1 is 1.19 bits per heavy atom. The lowest BCUT2D eigenvalue weighted by Crippen LogP contribution is -2.45. The van der Waals surface area contributed by atoms with Crippen molar-refractivity contribution in [2.75, 3.05) is 26.7 Å². The van der Waals surface area contributed by atoms with E-state index >= 15 is 0 Å². The van der Waals surface area contributed by atoms with Crippen LogP contribution in [0.15, 0.2) is 0 Å². The molecule has 0 aromatic heterocycles. The molecule has 21 heavy (non-hydrogen) atoms. The first kappa shape index (κ1) is 19.2. The molecule has 0 aliphatic heterocycles. The van der Waals surface area contributed by atoms with E-state index in [2.05, 4.69) is 10.1 Å². The molecule has 0 bridgehead atoms. The molecule has 0 spiro atoms. The zero-order valence-corrected chi connectivity index (χ0v) is 13.7. The number of amides is 2. The number of carbonyl (C=O) groups is 3. The van der Waals surface area contributed by atoms with Gasteiger partial charge in [-0.05, 0) is 26.7 Å². The van der Waals surface area contributed by atoms with E-state index in [1.165, 1.54) is 12.0 Å². The van der Waals surface area contributed by atoms with Crippen molar-refractivity contribution in [2.45, 2.75) is 40.2 Å². The molecule has 0 fully saturated rings. The second-order valence-electron chi connectivity index (χ2n) is 6.10. The molecule has 0 aliphatic rings. The number of ether oxygens (including phenoxy) is 2. The van der Waals surface area contributed by atoms with Crippen LogP contribution in [-0.2, 0) is 19.1 Å². The number of methoxy groups -OCH3 is 1. The van der Waals surface area contributed by atoms with Crippen LogP contribution in [0, 0.1) is 5.92 Å². The summed E-state index contributed by atoms with van der Waals surface area (Å²) >= 11 is 0. The molecule has 2 amide bonds. The highest BCUT2D eigenvalue weighted by molar-refractivity contribution is 5.85. The normalized spacial score (nSPS) is 11.0. The smallest absolute Gasteiger partial charge is 0.408 e. The maximum absolute atomic E-state index is 12.0. The third-order valence-corrected chi connectivity index (χ3v) is 2.27. The second kappa shape index (κ2) is 8.49. The molecule has 7 nitrogen and oxygen atoms in total. The molecule has 0 saturated carbocycles. The molecule has 0 aromatic carbocycles. The average Bonchev–Trinajstić information content (AvgIpc) is 2.32. The number of esters is 1. The van der Waals surface area contributed by atoms with Gasteiger partial charge in [0.1, 0.15) is 18.7 Å². The van der Waals surface area contributed by atoms with Crippen LogP contribution >= 0.6 is 0 Å². The van der Waals surface area contributed by atoms with Gasteiger partial charge in [-0.15, -0.1) is 0 Å². The summed E-state index contributed by atoms with van der Waals surface area (Å²) in [5.41, 5.74) is -0.628. The number of nitrogens with zero attached hydrogens (tertiary/aromatic N) is 1. The maximum atomic E-state index is 12.0. The van der Waals surface area contributed by atoms with E-state index < -0.39 is 17.7 Å². The van der Waals surface area contributed by atoms with E-state index in [-0.39, 0.29) is 24.9 Å². The summed E-state index contributed by atoms with van der Waals surface area (Å²) in [4.78, 5) is 36.2. The van der Waals surface area contributed by atoms with Crippen LogP contribution in [0.4, 0.5) is 4.79 Å². The van der Waals surface area contributed by atoms with Crippen molar-refractivity contribution in [3.8, 4) is 0 Å². The molecular formula is C14H26N2O5. The summed E-state index contributed by atoms with van der Waals surface area (Å²) in [6, 6.07) is 0. The first-order valence-electron chi connectivity index (χ1n) is 6.86. The molecule has 0 aromatic rings. The van der Waals surface area contributed by atoms with E-state index in [9.17, 15) is 14.4 Å². The highest BCUT2D eigenvalue weighted by Crippen LogP contribution is 2.06. The van der Waals surface area contributed by atoms with Crippen molar-refractivity contribution in [1.29, 1.82) is 0 Å². The van der Waals surface area contributed by atoms with Crippen LogP contribution < -0.4 is 5.32 Å². The third-order valence-electron chi connectivity index (χ3n) is 2.27. The van der Waals surface area contributed by atoms with Gasteiger partial charge in [-0.25, -0.2) is 4.79 Å². The van der Waals surface area contributed by atoms with Gasteiger partial charge in [0.2, 0.25) is 5.91 Å². The van der Waals surface area contributed by atoms with Crippen molar-refractivity contribution >= 4 is 18.0 Å². The topological polar surface area (TPSA) is 84.9 Å². The summed E-state index contributed by atoms with van der Waals surface area (Å²) in [5, 5.41) is 2.38. The lowest BCUT2D eigenvalue weighted by atomic mass is 10.2. The third kappa shape index (κ3) is 9.70. The fourth-order valence-electron chi connectivity index (χ4n) is 1.49. The van der Waals surface area contributed by atoms with E-state index in [0.717, 1.165) is 0 Å². The van der Waals surface area contributed by atoms with Gasteiger partial charge in [-0.3, -0.25) is 9.59 Å². The van der Waals surface area contributed by atoms with Gasteiger partial charge >= 0.3 is 12.1 Å². The zero-order valence-electron chi connectivity index (χ0n) is 13.7. The zero-order chi connectivity index (χ0) is 16.6. The van der Waals surface area contributed by atoms with Gasteiger partial charge in [0.05, 0.1) is 7.11 Å². The van der Waals surface area contributed by atoms with Gasteiger partial charge < -0.3 is 19.7 Å². The van der Waals surface area contributed by atoms with Gasteiger partial charge in [-0.1, -0.05) is 13.8 Å². The van der Waals surface area contributed by atoms with Crippen molar-refractivity contribution in [3.63, 3.8) is 0 Å². The Hall–Kier alpha value is -1.79. The van der Waals surface area contributed by atoms with E-state index in [4.69, 9.17) is 4.74 Å². The maximum Gasteiger partial charge on any atom is 0.408 e. The second-order valence-corrected chi connectivity index (χ2v) is 6.10. The number of nitrogens with one attached hydrogen (secondary N) is 1. The summed E-state index contributed by atoms with van der Waals surface area (Å²) < 4.78 is 9.60. The number of hydrogen-bond acceptors (Lipinski definition) is 5. The van der Waals surface area contributed by atoms with Gasteiger partial charge in [0.25, 0.3) is 0 Å². The Labute approximate surface area is 126 Å². The fourth-order valence-corrected chi connectivity index (χ4v) is 1.49. The summed E-state index contributed by atoms with van der Waals surface area (Å²) in [6.45, 7) is 9.11. The quantitative estimate of drug-likeness (QED) is 0.744. The first-order valence-corrected chi connectivity index (χ1v) is 6.86. The standard InChI is InChI=1S/C14H26N2O5/c1-10(2)8-16(9-12(18)20-6)11(17)7-15-13(19)21-14(3,4)5/h10H,7-9H2,1-6H3,(H,15,19). The summed E-state index contributed by atoms with van der Waals surface area (Å²) in [5.74, 6) is -0.665. The Bertz CT molecular complexity index is 374. The van der Waals surface area contributed by atoms with Gasteiger partial charge in [0, 0.05) is 6.54 Å². The monoisotopic (exact) mass is 302 g/mol. The lowest BCUT2D eigenvalue weighted by Gasteiger charge is -2.24. The molecule has 0 radical (unpaired) electrons. The molecule has 0 unspecified atom stereocenters. The molecule has 0 heterocycles. The Morgan fingerprint density at radius 3 is 2.19 bits per heavy atom. The van der Waals surface area contributed by atoms with Crippen LogP contribution in [0.5, 0.6) is 0 Å². The Balaban J connectivity index is 4.46. The lowest BCUT2D eigenvalue weighted by molar-refractivity contribution is -0.147. The SMILES string of the molecule is COC(=O)CN(CC(C)C)C(=O)CNC(=O)OC(C)(C)C. The minimum Gasteiger partial charge on any atom is -0.468 e. The molecule has 0 saturated heterocycles. The van der Waals surface area contributed by atoms with Gasteiger partial charge in [0.15, 0.2) is 0 Å². The number of carbonyl (C=O) groups excluding carboxylic acids is 3. The average molecular weight is 302 g/mol. The number of rotatable bonds is 6. The summed E-state index contributed by atoms with van der Waals surface area (Å²) in [7, 11) is 1.26. The van der Waals surface area contributed by atoms with Crippen molar-refractivity contribution < 1.29 is 23.9 Å². The van der Waals surface area contributed by atoms with Crippen molar-refractivity contribution in [2.24, 2.45) is 5.92 Å². The summed E-state index contributed by atoms with van der Waals surface area (Å²) in [6.07, 6.45) is -0.668. The van der Waals surface area contributed by atoms with Crippen LogP contribution in [-0.4, -0.2) is 55.2 Å². The fraction of sp³-hybridized carbons (Fsp3) is 0.786. The largest absolute Gasteiger partial charge is 0.468 e. The van der Waals surface area contributed by atoms with Crippen molar-refractivity contribution in [3.05, 3.63) is 0 Å². The van der Waals surface area contributed by atoms with E-state index in [0.29, 0.717) is 6.54 Å².